The van der Waals surface area contributed by atoms with Crippen molar-refractivity contribution in [1.82, 2.24) is 0 Å². The minimum absolute atomic E-state index is 0.0534. The van der Waals surface area contributed by atoms with Gasteiger partial charge >= 0.3 is 25.7 Å². The zero-order valence-corrected chi connectivity index (χ0v) is 52.7. The van der Waals surface area contributed by atoms with Gasteiger partial charge in [0.15, 0.2) is 6.10 Å². The average Bonchev–Trinajstić information content (AvgIpc) is 3.45. The van der Waals surface area contributed by atoms with Crippen LogP contribution in [0.2, 0.25) is 0 Å². The standard InChI is InChI=1S/C68H123O11P/c1-4-7-10-13-16-19-22-25-28-30-32-34-37-39-42-45-48-51-54-57-66(70)75-61-65(79-68(72)59-56-53-50-47-44-41-38-35-33-31-29-26-23-20-17-14-11-8-5-2)63-77-80(73,74)76-62-64(60-69)78-67(71)58-55-52-49-46-43-40-36-27-24-21-18-15-12-9-6-3/h9,12,18,21,27,36,43,46,52,55,64-65,69H,4-8,10-11,13-17,19-20,22-26,28-35,37-42,44-45,47-51,53-54,56-63H2,1-3H3,(H,73,74)/b12-9-,21-18-,36-27-,46-43-,55-52-. The molecule has 0 spiro atoms. The van der Waals surface area contributed by atoms with Gasteiger partial charge in [-0.25, -0.2) is 4.57 Å². The van der Waals surface area contributed by atoms with Crippen LogP contribution < -0.4 is 0 Å². The number of carbonyl (C=O) groups excluding carboxylic acids is 3. The van der Waals surface area contributed by atoms with Gasteiger partial charge in [0.05, 0.1) is 26.2 Å². The maximum atomic E-state index is 13.0. The SMILES string of the molecule is CC/C=C\C/C=C\C/C=C\C/C=C\C/C=C\CC(=O)OC(CO)COP(=O)(O)OCC(COC(=O)CCCCCCCCCCCCCCCCCCCCC)OC(=O)CCCCCCCCCCCCCCCCCCCCC. The summed E-state index contributed by atoms with van der Waals surface area (Å²) in [7, 11) is -4.78. The second-order valence-corrected chi connectivity index (χ2v) is 23.7. The molecule has 80 heavy (non-hydrogen) atoms. The Morgan fingerprint density at radius 2 is 0.650 bits per heavy atom. The molecule has 0 amide bonds. The van der Waals surface area contributed by atoms with Crippen LogP contribution in [0.25, 0.3) is 0 Å². The fourth-order valence-electron chi connectivity index (χ4n) is 9.49. The number of rotatable bonds is 62. The van der Waals surface area contributed by atoms with Crippen LogP contribution in [0.4, 0.5) is 0 Å². The van der Waals surface area contributed by atoms with Crippen molar-refractivity contribution in [3.05, 3.63) is 60.8 Å². The third-order valence-corrected chi connectivity index (χ3v) is 15.4. The topological polar surface area (TPSA) is 155 Å². The van der Waals surface area contributed by atoms with E-state index in [1.54, 1.807) is 6.08 Å². The fourth-order valence-corrected chi connectivity index (χ4v) is 10.3. The smallest absolute Gasteiger partial charge is 0.462 e. The van der Waals surface area contributed by atoms with E-state index < -0.39 is 57.8 Å². The van der Waals surface area contributed by atoms with Crippen LogP contribution in [0, 0.1) is 0 Å². The number of aliphatic hydroxyl groups excluding tert-OH is 1. The lowest BCUT2D eigenvalue weighted by atomic mass is 10.0. The first-order valence-electron chi connectivity index (χ1n) is 33.2. The molecule has 0 aliphatic heterocycles. The third kappa shape index (κ3) is 59.8. The predicted octanol–water partition coefficient (Wildman–Crippen LogP) is 20.3. The number of esters is 3. The number of phosphoric ester groups is 1. The van der Waals surface area contributed by atoms with Crippen molar-refractivity contribution in [3.8, 4) is 0 Å². The predicted molar refractivity (Wildman–Crippen MR) is 335 cm³/mol. The van der Waals surface area contributed by atoms with Crippen molar-refractivity contribution < 1.29 is 52.2 Å². The third-order valence-electron chi connectivity index (χ3n) is 14.5. The summed E-state index contributed by atoms with van der Waals surface area (Å²) in [6.45, 7) is 4.50. The van der Waals surface area contributed by atoms with Crippen molar-refractivity contribution in [3.63, 3.8) is 0 Å². The van der Waals surface area contributed by atoms with Crippen LogP contribution >= 0.6 is 7.82 Å². The molecular weight excluding hydrogens is 1020 g/mol. The summed E-state index contributed by atoms with van der Waals surface area (Å²) in [5.41, 5.74) is 0. The average molecular weight is 1150 g/mol. The minimum atomic E-state index is -4.78. The molecule has 0 radical (unpaired) electrons. The Labute approximate surface area is 491 Å². The van der Waals surface area contributed by atoms with Gasteiger partial charge in [0.1, 0.15) is 12.7 Å². The highest BCUT2D eigenvalue weighted by Crippen LogP contribution is 2.43. The first-order valence-corrected chi connectivity index (χ1v) is 34.7. The molecule has 0 aromatic heterocycles. The summed E-state index contributed by atoms with van der Waals surface area (Å²) in [6.07, 6.45) is 70.7. The number of hydrogen-bond acceptors (Lipinski definition) is 10. The molecule has 0 heterocycles. The van der Waals surface area contributed by atoms with Crippen LogP contribution in [0.15, 0.2) is 60.8 Å². The Bertz CT molecular complexity index is 1570. The lowest BCUT2D eigenvalue weighted by Gasteiger charge is -2.21. The molecule has 12 heteroatoms. The van der Waals surface area contributed by atoms with Crippen molar-refractivity contribution in [2.75, 3.05) is 26.4 Å². The van der Waals surface area contributed by atoms with E-state index in [1.165, 1.54) is 193 Å². The molecule has 0 saturated heterocycles. The van der Waals surface area contributed by atoms with Gasteiger partial charge in [0.25, 0.3) is 0 Å². The van der Waals surface area contributed by atoms with E-state index in [0.29, 0.717) is 19.3 Å². The molecule has 0 bridgehead atoms. The van der Waals surface area contributed by atoms with Crippen molar-refractivity contribution >= 4 is 25.7 Å². The van der Waals surface area contributed by atoms with E-state index in [2.05, 4.69) is 57.2 Å². The second-order valence-electron chi connectivity index (χ2n) is 22.3. The van der Waals surface area contributed by atoms with Gasteiger partial charge in [-0.15, -0.1) is 0 Å². The number of unbranched alkanes of at least 4 members (excludes halogenated alkanes) is 36. The van der Waals surface area contributed by atoms with Gasteiger partial charge in [-0.3, -0.25) is 23.4 Å². The van der Waals surface area contributed by atoms with E-state index in [0.717, 1.165) is 64.2 Å². The van der Waals surface area contributed by atoms with E-state index in [4.69, 9.17) is 23.3 Å². The van der Waals surface area contributed by atoms with Crippen LogP contribution in [0.5, 0.6) is 0 Å². The molecule has 0 aromatic carbocycles. The van der Waals surface area contributed by atoms with Crippen LogP contribution in [0.1, 0.15) is 316 Å². The highest BCUT2D eigenvalue weighted by atomic mass is 31.2. The largest absolute Gasteiger partial charge is 0.472 e. The number of aliphatic hydroxyl groups is 1. The van der Waals surface area contributed by atoms with Crippen LogP contribution in [-0.4, -0.2) is 66.5 Å². The highest BCUT2D eigenvalue weighted by molar-refractivity contribution is 7.47. The maximum Gasteiger partial charge on any atom is 0.472 e. The summed E-state index contributed by atoms with van der Waals surface area (Å²) in [4.78, 5) is 48.7. The normalized spacial score (nSPS) is 13.6. The van der Waals surface area contributed by atoms with Gasteiger partial charge in [0, 0.05) is 12.8 Å². The van der Waals surface area contributed by atoms with Crippen LogP contribution in [-0.2, 0) is 42.2 Å². The monoisotopic (exact) mass is 1150 g/mol. The van der Waals surface area contributed by atoms with Crippen molar-refractivity contribution in [2.45, 2.75) is 328 Å². The molecule has 0 aliphatic carbocycles. The zero-order chi connectivity index (χ0) is 58.3. The molecule has 0 aromatic rings. The number of ether oxygens (including phenoxy) is 3. The molecule has 0 saturated carbocycles. The Kier molecular flexibility index (Phi) is 60.0. The molecule has 2 N–H and O–H groups in total. The van der Waals surface area contributed by atoms with Gasteiger partial charge in [-0.1, -0.05) is 313 Å². The van der Waals surface area contributed by atoms with Gasteiger partial charge in [-0.05, 0) is 44.9 Å². The summed E-state index contributed by atoms with van der Waals surface area (Å²) >= 11 is 0. The molecular formula is C68H123O11P. The van der Waals surface area contributed by atoms with Crippen molar-refractivity contribution in [1.29, 1.82) is 0 Å². The van der Waals surface area contributed by atoms with Gasteiger partial charge < -0.3 is 24.2 Å². The quantitative estimate of drug-likeness (QED) is 0.0197. The lowest BCUT2D eigenvalue weighted by molar-refractivity contribution is -0.161. The Balaban J connectivity index is 4.72. The number of hydrogen-bond donors (Lipinski definition) is 2. The lowest BCUT2D eigenvalue weighted by Crippen LogP contribution is -2.30. The molecule has 0 rings (SSSR count). The van der Waals surface area contributed by atoms with Crippen LogP contribution in [0.3, 0.4) is 0 Å². The molecule has 3 unspecified atom stereocenters. The van der Waals surface area contributed by atoms with E-state index in [1.807, 2.05) is 18.2 Å². The first-order chi connectivity index (χ1) is 39.2. The number of allylic oxidation sites excluding steroid dienone is 9. The molecule has 0 fully saturated rings. The van der Waals surface area contributed by atoms with Gasteiger partial charge in [-0.2, -0.15) is 0 Å². The van der Waals surface area contributed by atoms with E-state index in [-0.39, 0.29) is 25.9 Å². The molecule has 11 nitrogen and oxygen atoms in total. The second kappa shape index (κ2) is 62.2. The number of carbonyl (C=O) groups is 3. The fraction of sp³-hybridized carbons (Fsp3) is 0.809. The Hall–Kier alpha value is -2.82. The summed E-state index contributed by atoms with van der Waals surface area (Å²) in [5.74, 6) is -1.58. The van der Waals surface area contributed by atoms with E-state index >= 15 is 0 Å². The summed E-state index contributed by atoms with van der Waals surface area (Å²) in [5, 5.41) is 9.83. The first kappa shape index (κ1) is 77.2. The Morgan fingerprint density at radius 3 is 0.988 bits per heavy atom. The van der Waals surface area contributed by atoms with E-state index in [9.17, 15) is 28.9 Å². The van der Waals surface area contributed by atoms with Gasteiger partial charge in [0.2, 0.25) is 0 Å². The molecule has 466 valence electrons. The minimum Gasteiger partial charge on any atom is -0.462 e. The molecule has 0 aliphatic rings. The van der Waals surface area contributed by atoms with Crippen molar-refractivity contribution in [2.24, 2.45) is 0 Å². The zero-order valence-electron chi connectivity index (χ0n) is 51.8. The maximum absolute atomic E-state index is 13.0. The number of phosphoric acid groups is 1. The summed E-state index contributed by atoms with van der Waals surface area (Å²) < 4.78 is 39.6. The molecule has 3 atom stereocenters. The summed E-state index contributed by atoms with van der Waals surface area (Å²) in [6, 6.07) is 0. The Morgan fingerprint density at radius 1 is 0.362 bits per heavy atom. The highest BCUT2D eigenvalue weighted by Gasteiger charge is 2.28.